The molecule has 6 nitrogen and oxygen atoms in total. The van der Waals surface area contributed by atoms with Crippen molar-refractivity contribution in [2.45, 2.75) is 31.2 Å². The number of carbonyl (C=O) groups is 1. The Kier molecular flexibility index (Phi) is 5.87. The zero-order valence-electron chi connectivity index (χ0n) is 16.8. The molecule has 0 aromatic heterocycles. The highest BCUT2D eigenvalue weighted by Crippen LogP contribution is 2.39. The van der Waals surface area contributed by atoms with Crippen molar-refractivity contribution in [3.05, 3.63) is 51.5 Å². The van der Waals surface area contributed by atoms with Crippen molar-refractivity contribution in [2.75, 3.05) is 36.0 Å². The Morgan fingerprint density at radius 1 is 1.10 bits per heavy atom. The minimum atomic E-state index is -3.71. The van der Waals surface area contributed by atoms with Crippen molar-refractivity contribution in [1.82, 2.24) is 4.31 Å². The van der Waals surface area contributed by atoms with Gasteiger partial charge in [-0.1, -0.05) is 23.7 Å². The molecule has 1 amide bonds. The predicted octanol–water partition coefficient (Wildman–Crippen LogP) is 3.91. The molecule has 0 aliphatic carbocycles. The van der Waals surface area contributed by atoms with Gasteiger partial charge < -0.3 is 9.80 Å². The van der Waals surface area contributed by atoms with Crippen molar-refractivity contribution in [3.8, 4) is 0 Å². The Bertz CT molecular complexity index is 1100. The summed E-state index contributed by atoms with van der Waals surface area (Å²) in [7, 11) is -3.71. The highest BCUT2D eigenvalue weighted by molar-refractivity contribution is 9.10. The molecule has 160 valence electrons. The number of hydrogen-bond acceptors (Lipinski definition) is 4. The van der Waals surface area contributed by atoms with Gasteiger partial charge in [-0.15, -0.1) is 0 Å². The molecule has 0 bridgehead atoms. The van der Waals surface area contributed by atoms with Gasteiger partial charge in [0.25, 0.3) is 0 Å². The highest BCUT2D eigenvalue weighted by atomic mass is 79.9. The first-order valence-corrected chi connectivity index (χ1v) is 12.4. The van der Waals surface area contributed by atoms with E-state index in [0.717, 1.165) is 11.3 Å². The summed E-state index contributed by atoms with van der Waals surface area (Å²) in [6, 6.07) is 11.1. The minimum absolute atomic E-state index is 0.0153. The van der Waals surface area contributed by atoms with Gasteiger partial charge >= 0.3 is 0 Å². The number of sulfonamides is 1. The van der Waals surface area contributed by atoms with Crippen LogP contribution >= 0.6 is 27.5 Å². The van der Waals surface area contributed by atoms with Crippen molar-refractivity contribution in [1.29, 1.82) is 0 Å². The lowest BCUT2D eigenvalue weighted by atomic mass is 10.1. The smallest absolute Gasteiger partial charge is 0.244 e. The van der Waals surface area contributed by atoms with Crippen LogP contribution in [0.2, 0.25) is 5.02 Å². The van der Waals surface area contributed by atoms with Crippen LogP contribution in [0.15, 0.2) is 45.8 Å². The van der Waals surface area contributed by atoms with Gasteiger partial charge in [0.2, 0.25) is 15.9 Å². The van der Waals surface area contributed by atoms with E-state index in [0.29, 0.717) is 47.8 Å². The van der Waals surface area contributed by atoms with Crippen molar-refractivity contribution in [3.63, 3.8) is 0 Å². The molecule has 1 fully saturated rings. The Balaban J connectivity index is 1.60. The van der Waals surface area contributed by atoms with Gasteiger partial charge in [-0.2, -0.15) is 4.31 Å². The third-order valence-corrected chi connectivity index (χ3v) is 8.91. The molecule has 0 spiro atoms. The van der Waals surface area contributed by atoms with Crippen LogP contribution in [0.3, 0.4) is 0 Å². The van der Waals surface area contributed by atoms with Gasteiger partial charge in [0.15, 0.2) is 0 Å². The number of carbonyl (C=O) groups excluding carboxylic acids is 1. The summed E-state index contributed by atoms with van der Waals surface area (Å²) < 4.78 is 28.9. The second-order valence-electron chi connectivity index (χ2n) is 7.70. The van der Waals surface area contributed by atoms with E-state index >= 15 is 0 Å². The number of amides is 1. The third kappa shape index (κ3) is 3.75. The molecule has 9 heteroatoms. The number of para-hydroxylation sites is 1. The molecule has 0 saturated carbocycles. The summed E-state index contributed by atoms with van der Waals surface area (Å²) in [4.78, 5) is 16.1. The number of rotatable bonds is 3. The molecule has 1 saturated heterocycles. The molecule has 30 heavy (non-hydrogen) atoms. The molecule has 2 aromatic rings. The Morgan fingerprint density at radius 2 is 1.77 bits per heavy atom. The molecule has 2 aliphatic heterocycles. The standard InChI is InChI=1S/C21H23BrClN3O3S/c1-14-11-16-12-17(22)21(13-20(16)26(14)15(2)27)30(28,29)25-9-7-24(8-10-25)19-6-4-3-5-18(19)23/h3-6,12-14H,7-11H2,1-2H3/t14-/m0/s1. The fourth-order valence-electron chi connectivity index (χ4n) is 4.31. The number of hydrogen-bond donors (Lipinski definition) is 0. The molecule has 0 N–H and O–H groups in total. The van der Waals surface area contributed by atoms with Gasteiger partial charge in [-0.3, -0.25) is 4.79 Å². The molecule has 0 unspecified atom stereocenters. The lowest BCUT2D eigenvalue weighted by molar-refractivity contribution is -0.116. The van der Waals surface area contributed by atoms with Crippen LogP contribution in [0, 0.1) is 0 Å². The van der Waals surface area contributed by atoms with Crippen molar-refractivity contribution >= 4 is 54.8 Å². The van der Waals surface area contributed by atoms with Crippen LogP contribution in [0.5, 0.6) is 0 Å². The van der Waals surface area contributed by atoms with Gasteiger partial charge in [0.05, 0.1) is 15.6 Å². The van der Waals surface area contributed by atoms with Crippen LogP contribution in [0.1, 0.15) is 19.4 Å². The van der Waals surface area contributed by atoms with Gasteiger partial charge in [-0.05, 0) is 59.1 Å². The number of nitrogens with zero attached hydrogens (tertiary/aromatic N) is 3. The topological polar surface area (TPSA) is 60.9 Å². The molecule has 2 aliphatic rings. The second-order valence-corrected chi connectivity index (χ2v) is 10.9. The zero-order chi connectivity index (χ0) is 21.6. The predicted molar refractivity (Wildman–Crippen MR) is 123 cm³/mol. The summed E-state index contributed by atoms with van der Waals surface area (Å²) in [5, 5.41) is 0.661. The normalized spacial score (nSPS) is 19.8. The molecule has 2 aromatic carbocycles. The lowest BCUT2D eigenvalue weighted by Gasteiger charge is -2.36. The van der Waals surface area contributed by atoms with Crippen LogP contribution in [-0.2, 0) is 21.2 Å². The number of halogens is 2. The van der Waals surface area contributed by atoms with Crippen molar-refractivity contribution in [2.24, 2.45) is 0 Å². The van der Waals surface area contributed by atoms with E-state index in [1.54, 1.807) is 11.0 Å². The third-order valence-electron chi connectivity index (χ3n) is 5.74. The van der Waals surface area contributed by atoms with E-state index in [-0.39, 0.29) is 16.8 Å². The monoisotopic (exact) mass is 511 g/mol. The summed E-state index contributed by atoms with van der Waals surface area (Å²) in [6.07, 6.45) is 0.713. The Hall–Kier alpha value is -1.61. The quantitative estimate of drug-likeness (QED) is 0.626. The molecule has 4 rings (SSSR count). The number of benzene rings is 2. The first kappa shape index (κ1) is 21.6. The number of anilines is 2. The Labute approximate surface area is 190 Å². The number of piperazine rings is 1. The van der Waals surface area contributed by atoms with Crippen LogP contribution in [0.4, 0.5) is 11.4 Å². The van der Waals surface area contributed by atoms with E-state index in [1.807, 2.05) is 37.3 Å². The largest absolute Gasteiger partial charge is 0.368 e. The van der Waals surface area contributed by atoms with Crippen LogP contribution in [-0.4, -0.2) is 50.9 Å². The van der Waals surface area contributed by atoms with Crippen molar-refractivity contribution < 1.29 is 13.2 Å². The first-order chi connectivity index (χ1) is 14.2. The molecule has 2 heterocycles. The minimum Gasteiger partial charge on any atom is -0.368 e. The fraction of sp³-hybridized carbons (Fsp3) is 0.381. The van der Waals surface area contributed by atoms with Crippen LogP contribution in [0.25, 0.3) is 0 Å². The lowest BCUT2D eigenvalue weighted by Crippen LogP contribution is -2.48. The molecular formula is C21H23BrClN3O3S. The van der Waals surface area contributed by atoms with E-state index in [2.05, 4.69) is 20.8 Å². The second kappa shape index (κ2) is 8.15. The van der Waals surface area contributed by atoms with E-state index in [9.17, 15) is 13.2 Å². The zero-order valence-corrected chi connectivity index (χ0v) is 20.0. The van der Waals surface area contributed by atoms with E-state index in [4.69, 9.17) is 11.6 Å². The fourth-order valence-corrected chi connectivity index (χ4v) is 7.06. The van der Waals surface area contributed by atoms with Gasteiger partial charge in [0, 0.05) is 49.3 Å². The maximum atomic E-state index is 13.4. The number of fused-ring (bicyclic) bond motifs is 1. The average molecular weight is 513 g/mol. The summed E-state index contributed by atoms with van der Waals surface area (Å²) >= 11 is 9.74. The molecular weight excluding hydrogens is 490 g/mol. The average Bonchev–Trinajstić information content (AvgIpc) is 3.02. The van der Waals surface area contributed by atoms with Crippen LogP contribution < -0.4 is 9.80 Å². The Morgan fingerprint density at radius 3 is 2.40 bits per heavy atom. The summed E-state index contributed by atoms with van der Waals surface area (Å²) in [5.74, 6) is -0.0831. The maximum Gasteiger partial charge on any atom is 0.244 e. The van der Waals surface area contributed by atoms with Gasteiger partial charge in [0.1, 0.15) is 0 Å². The summed E-state index contributed by atoms with van der Waals surface area (Å²) in [6.45, 7) is 5.32. The first-order valence-electron chi connectivity index (χ1n) is 9.82. The summed E-state index contributed by atoms with van der Waals surface area (Å²) in [5.41, 5.74) is 2.58. The SMILES string of the molecule is CC(=O)N1c2cc(S(=O)(=O)N3CCN(c4ccccc4Cl)CC3)c(Br)cc2C[C@@H]1C. The molecule has 0 radical (unpaired) electrons. The van der Waals surface area contributed by atoms with Gasteiger partial charge in [-0.25, -0.2) is 8.42 Å². The highest BCUT2D eigenvalue weighted by Gasteiger charge is 2.35. The molecule has 1 atom stereocenters. The maximum absolute atomic E-state index is 13.4. The van der Waals surface area contributed by atoms with E-state index in [1.165, 1.54) is 11.2 Å². The van der Waals surface area contributed by atoms with E-state index < -0.39 is 10.0 Å².